The number of carboxylic acids is 2. The number of nitrogens with zero attached hydrogens (tertiary/aromatic N) is 2. The normalized spacial score (nSPS) is 31.7. The Hall–Kier alpha value is -4.22. The maximum atomic E-state index is 13.5. The van der Waals surface area contributed by atoms with Crippen molar-refractivity contribution in [2.75, 3.05) is 13.1 Å². The molecule has 0 radical (unpaired) electrons. The Bertz CT molecular complexity index is 1550. The highest BCUT2D eigenvalue weighted by Gasteiger charge is 2.74. The maximum Gasteiger partial charge on any atom is 0.328 e. The summed E-state index contributed by atoms with van der Waals surface area (Å²) < 4.78 is 6.55. The molecular weight excluding hydrogens is 556 g/mol. The van der Waals surface area contributed by atoms with Gasteiger partial charge in [-0.3, -0.25) is 19.4 Å². The second-order valence-electron chi connectivity index (χ2n) is 12.4. The number of ether oxygens (including phenoxy) is 1. The van der Waals surface area contributed by atoms with E-state index in [-0.39, 0.29) is 23.6 Å². The number of likely N-dealkylation sites (tertiary alicyclic amines) is 1. The molecule has 11 heteroatoms. The van der Waals surface area contributed by atoms with E-state index in [4.69, 9.17) is 14.9 Å². The number of fused-ring (bicyclic) bond motifs is 1. The largest absolute Gasteiger partial charge is 0.504 e. The van der Waals surface area contributed by atoms with Crippen LogP contribution in [0.2, 0.25) is 0 Å². The summed E-state index contributed by atoms with van der Waals surface area (Å²) in [4.78, 5) is 49.9. The third-order valence-corrected chi connectivity index (χ3v) is 10.3. The molecule has 43 heavy (non-hydrogen) atoms. The Balaban J connectivity index is 0.000000334. The van der Waals surface area contributed by atoms with Gasteiger partial charge in [-0.25, -0.2) is 9.59 Å². The number of carbonyl (C=O) groups excluding carboxylic acids is 2. The van der Waals surface area contributed by atoms with Crippen molar-refractivity contribution >= 4 is 23.8 Å². The quantitative estimate of drug-likeness (QED) is 0.301. The topological polar surface area (TPSA) is 165 Å². The number of aliphatic hydroxyl groups is 1. The first kappa shape index (κ1) is 27.6. The van der Waals surface area contributed by atoms with E-state index in [2.05, 4.69) is 4.90 Å². The monoisotopic (exact) mass is 588 g/mol. The van der Waals surface area contributed by atoms with Gasteiger partial charge in [0, 0.05) is 30.3 Å². The van der Waals surface area contributed by atoms with Gasteiger partial charge in [0.15, 0.2) is 11.5 Å². The van der Waals surface area contributed by atoms with E-state index >= 15 is 0 Å². The van der Waals surface area contributed by atoms with Crippen molar-refractivity contribution in [3.8, 4) is 11.5 Å². The molecule has 1 saturated heterocycles. The average Bonchev–Trinajstić information content (AvgIpc) is 3.67. The van der Waals surface area contributed by atoms with Gasteiger partial charge in [0.05, 0.1) is 28.2 Å². The molecule has 0 aromatic heterocycles. The van der Waals surface area contributed by atoms with Crippen molar-refractivity contribution in [1.29, 1.82) is 0 Å². The molecule has 2 bridgehead atoms. The second kappa shape index (κ2) is 9.65. The van der Waals surface area contributed by atoms with Gasteiger partial charge in [-0.1, -0.05) is 18.2 Å². The molecule has 3 aliphatic heterocycles. The lowest BCUT2D eigenvalue weighted by Gasteiger charge is -2.64. The van der Waals surface area contributed by atoms with Gasteiger partial charge in [-0.05, 0) is 74.8 Å². The van der Waals surface area contributed by atoms with Gasteiger partial charge in [0.1, 0.15) is 6.10 Å². The number of carboxylic acid groups (broad SMARTS) is 2. The van der Waals surface area contributed by atoms with Gasteiger partial charge in [-0.15, -0.1) is 0 Å². The molecule has 224 valence electrons. The number of carbonyl (C=O) groups is 4. The zero-order chi connectivity index (χ0) is 30.3. The molecule has 3 fully saturated rings. The fourth-order valence-corrected chi connectivity index (χ4v) is 8.37. The molecular formula is C32H32N2O9. The Morgan fingerprint density at radius 3 is 2.21 bits per heavy atom. The highest BCUT2D eigenvalue weighted by Crippen LogP contribution is 2.66. The van der Waals surface area contributed by atoms with Crippen LogP contribution in [-0.4, -0.2) is 90.9 Å². The lowest BCUT2D eigenvalue weighted by Crippen LogP contribution is -2.78. The van der Waals surface area contributed by atoms with Crippen LogP contribution in [-0.2, 0) is 21.4 Å². The minimum Gasteiger partial charge on any atom is -0.504 e. The van der Waals surface area contributed by atoms with Gasteiger partial charge in [0.25, 0.3) is 11.8 Å². The van der Waals surface area contributed by atoms with E-state index in [1.165, 1.54) is 17.7 Å². The van der Waals surface area contributed by atoms with Crippen LogP contribution in [0.15, 0.2) is 48.6 Å². The van der Waals surface area contributed by atoms with E-state index in [0.717, 1.165) is 36.6 Å². The van der Waals surface area contributed by atoms with Crippen LogP contribution >= 0.6 is 0 Å². The number of aliphatic carboxylic acids is 2. The molecule has 2 aromatic carbocycles. The molecule has 8 rings (SSSR count). The van der Waals surface area contributed by atoms with Crippen LogP contribution in [0.5, 0.6) is 11.5 Å². The second-order valence-corrected chi connectivity index (χ2v) is 12.4. The number of hydrogen-bond donors (Lipinski definition) is 4. The molecule has 2 aromatic rings. The smallest absolute Gasteiger partial charge is 0.328 e. The Morgan fingerprint density at radius 1 is 0.953 bits per heavy atom. The van der Waals surface area contributed by atoms with E-state index in [9.17, 15) is 29.4 Å². The summed E-state index contributed by atoms with van der Waals surface area (Å²) in [6.07, 6.45) is 5.42. The summed E-state index contributed by atoms with van der Waals surface area (Å²) in [7, 11) is 0. The van der Waals surface area contributed by atoms with Crippen molar-refractivity contribution < 1.29 is 44.3 Å². The summed E-state index contributed by atoms with van der Waals surface area (Å²) in [5, 5.41) is 39.0. The van der Waals surface area contributed by atoms with Crippen LogP contribution in [0, 0.1) is 5.92 Å². The summed E-state index contributed by atoms with van der Waals surface area (Å²) in [5.74, 6) is -1.88. The Kier molecular flexibility index (Phi) is 6.19. The predicted octanol–water partition coefficient (Wildman–Crippen LogP) is 2.33. The molecule has 2 amide bonds. The average molecular weight is 589 g/mol. The number of amides is 2. The number of piperidine rings is 1. The maximum absolute atomic E-state index is 13.5. The fourth-order valence-electron chi connectivity index (χ4n) is 8.37. The van der Waals surface area contributed by atoms with Gasteiger partial charge in [0.2, 0.25) is 0 Å². The summed E-state index contributed by atoms with van der Waals surface area (Å²) in [5.41, 5.74) is 1.09. The zero-order valence-corrected chi connectivity index (χ0v) is 23.3. The van der Waals surface area contributed by atoms with Crippen LogP contribution < -0.4 is 4.74 Å². The first-order valence-electron chi connectivity index (χ1n) is 14.7. The Morgan fingerprint density at radius 2 is 1.60 bits per heavy atom. The highest BCUT2D eigenvalue weighted by molar-refractivity contribution is 6.21. The Labute approximate surface area is 247 Å². The van der Waals surface area contributed by atoms with Crippen molar-refractivity contribution in [2.45, 2.75) is 67.7 Å². The summed E-state index contributed by atoms with van der Waals surface area (Å²) in [6.45, 7) is 1.85. The molecule has 1 spiro atoms. The molecule has 3 heterocycles. The van der Waals surface area contributed by atoms with Gasteiger partial charge >= 0.3 is 11.9 Å². The van der Waals surface area contributed by atoms with Crippen molar-refractivity contribution in [3.05, 3.63) is 70.8 Å². The lowest BCUT2D eigenvalue weighted by molar-refractivity contribution is -0.196. The predicted molar refractivity (Wildman–Crippen MR) is 150 cm³/mol. The van der Waals surface area contributed by atoms with Crippen molar-refractivity contribution in [3.63, 3.8) is 0 Å². The minimum atomic E-state index is -1.26. The van der Waals surface area contributed by atoms with Crippen molar-refractivity contribution in [1.82, 2.24) is 9.80 Å². The molecule has 0 unspecified atom stereocenters. The molecule has 11 nitrogen and oxygen atoms in total. The number of imide groups is 1. The fraction of sp³-hybridized carbons (Fsp3) is 0.438. The SMILES string of the molecule is O=C(O)/C=C/C(=O)O.O=C1c2ccccc2C(=O)N1[C@@H]1CC[C@@]2(O)[C@@H]3Cc4ccc(O)c5c4[C@@]2(CCN3CC2CC2)[C@H]1O5. The van der Waals surface area contributed by atoms with Crippen LogP contribution in [0.25, 0.3) is 0 Å². The first-order chi connectivity index (χ1) is 20.6. The number of phenolic OH excluding ortho intramolecular Hbond substituents is 1. The molecule has 4 N–H and O–H groups in total. The minimum absolute atomic E-state index is 0.0333. The summed E-state index contributed by atoms with van der Waals surface area (Å²) >= 11 is 0. The highest BCUT2D eigenvalue weighted by atomic mass is 16.5. The van der Waals surface area contributed by atoms with Gasteiger partial charge < -0.3 is 25.2 Å². The van der Waals surface area contributed by atoms with Gasteiger partial charge in [-0.2, -0.15) is 0 Å². The van der Waals surface area contributed by atoms with E-state index in [0.29, 0.717) is 48.3 Å². The number of hydrogen-bond acceptors (Lipinski definition) is 8. The van der Waals surface area contributed by atoms with E-state index < -0.39 is 35.1 Å². The molecule has 5 atom stereocenters. The lowest BCUT2D eigenvalue weighted by atomic mass is 9.48. The van der Waals surface area contributed by atoms with Crippen LogP contribution in [0.3, 0.4) is 0 Å². The third kappa shape index (κ3) is 3.94. The van der Waals surface area contributed by atoms with Crippen LogP contribution in [0.4, 0.5) is 0 Å². The number of phenols is 1. The molecule has 2 saturated carbocycles. The van der Waals surface area contributed by atoms with E-state index in [1.54, 1.807) is 30.3 Å². The third-order valence-electron chi connectivity index (χ3n) is 10.3. The number of aromatic hydroxyl groups is 1. The zero-order valence-electron chi connectivity index (χ0n) is 23.3. The standard InChI is InChI=1S/C28H28N2O5.C4H4O4/c31-20-8-7-16-13-21-28(34)10-9-19(30-25(32)17-3-1-2-4-18(17)26(30)33)24-27(28,22(16)23(20)35-24)11-12-29(21)14-15-5-6-15;5-3(6)1-2-4(7)8/h1-4,7-8,15,19,21,24,31,34H,5-6,9-14H2;1-2H,(H,5,6)(H,7,8)/b;2-1+/t19-,21+,24+,27+,28-;/m1./s1. The number of rotatable bonds is 5. The van der Waals surface area contributed by atoms with Crippen LogP contribution in [0.1, 0.15) is 63.9 Å². The molecule has 6 aliphatic rings. The van der Waals surface area contributed by atoms with Crippen molar-refractivity contribution in [2.24, 2.45) is 5.92 Å². The first-order valence-corrected chi connectivity index (χ1v) is 14.7. The van der Waals surface area contributed by atoms with E-state index in [1.807, 2.05) is 6.07 Å². The molecule has 3 aliphatic carbocycles. The number of benzene rings is 2. The summed E-state index contributed by atoms with van der Waals surface area (Å²) in [6, 6.07) is 10.1.